The first-order valence-electron chi connectivity index (χ1n) is 6.13. The van der Waals surface area contributed by atoms with Gasteiger partial charge in [0.1, 0.15) is 5.75 Å². The van der Waals surface area contributed by atoms with E-state index in [2.05, 4.69) is 10.4 Å². The molecule has 4 heteroatoms. The topological polar surface area (TPSA) is 50.1 Å². The fourth-order valence-electron chi connectivity index (χ4n) is 1.94. The van der Waals surface area contributed by atoms with Crippen LogP contribution in [-0.2, 0) is 20.0 Å². The smallest absolute Gasteiger partial charge is 0.115 e. The van der Waals surface area contributed by atoms with Crippen LogP contribution in [0.2, 0.25) is 0 Å². The average Bonchev–Trinajstić information content (AvgIpc) is 2.66. The first-order chi connectivity index (χ1) is 8.65. The fraction of sp³-hybridized carbons (Fsp3) is 0.357. The van der Waals surface area contributed by atoms with Gasteiger partial charge < -0.3 is 10.4 Å². The minimum Gasteiger partial charge on any atom is -0.508 e. The maximum Gasteiger partial charge on any atom is 0.115 e. The molecule has 0 aliphatic heterocycles. The molecule has 1 aromatic heterocycles. The molecule has 1 heterocycles. The lowest BCUT2D eigenvalue weighted by atomic mass is 10.1. The molecule has 96 valence electrons. The van der Waals surface area contributed by atoms with E-state index >= 15 is 0 Å². The van der Waals surface area contributed by atoms with Gasteiger partial charge in [0, 0.05) is 25.4 Å². The molecule has 0 spiro atoms. The molecule has 0 fully saturated rings. The third-order valence-corrected chi connectivity index (χ3v) is 2.96. The number of phenols is 1. The fourth-order valence-corrected chi connectivity index (χ4v) is 1.94. The molecule has 18 heavy (non-hydrogen) atoms. The van der Waals surface area contributed by atoms with E-state index in [-0.39, 0.29) is 0 Å². The minimum absolute atomic E-state index is 0.317. The predicted octanol–water partition coefficient (Wildman–Crippen LogP) is 1.77. The highest BCUT2D eigenvalue weighted by Gasteiger charge is 2.01. The van der Waals surface area contributed by atoms with Crippen LogP contribution >= 0.6 is 0 Å². The SMILES string of the molecule is Cc1nn(C)cc1CNCCc1ccc(O)cc1. The molecule has 0 saturated heterocycles. The number of aryl methyl sites for hydroxylation is 2. The summed E-state index contributed by atoms with van der Waals surface area (Å²) in [5.41, 5.74) is 3.54. The summed E-state index contributed by atoms with van der Waals surface area (Å²) in [4.78, 5) is 0. The third kappa shape index (κ3) is 3.34. The number of rotatable bonds is 5. The lowest BCUT2D eigenvalue weighted by Crippen LogP contribution is -2.16. The normalized spacial score (nSPS) is 10.8. The summed E-state index contributed by atoms with van der Waals surface area (Å²) in [5.74, 6) is 0.317. The van der Waals surface area contributed by atoms with Gasteiger partial charge in [0.15, 0.2) is 0 Å². The molecule has 0 radical (unpaired) electrons. The summed E-state index contributed by atoms with van der Waals surface area (Å²) in [6, 6.07) is 7.35. The Bertz CT molecular complexity index is 502. The van der Waals surface area contributed by atoms with Crippen molar-refractivity contribution in [1.82, 2.24) is 15.1 Å². The number of hydrogen-bond donors (Lipinski definition) is 2. The molecule has 4 nitrogen and oxygen atoms in total. The van der Waals surface area contributed by atoms with Crippen LogP contribution in [0.25, 0.3) is 0 Å². The average molecular weight is 245 g/mol. The molecule has 0 saturated carbocycles. The molecule has 0 aliphatic rings. The van der Waals surface area contributed by atoms with Crippen molar-refractivity contribution >= 4 is 0 Å². The molecule has 0 atom stereocenters. The molecule has 0 amide bonds. The summed E-state index contributed by atoms with van der Waals surface area (Å²) in [6.45, 7) is 3.79. The van der Waals surface area contributed by atoms with E-state index in [1.165, 1.54) is 11.1 Å². The van der Waals surface area contributed by atoms with E-state index in [0.29, 0.717) is 5.75 Å². The van der Waals surface area contributed by atoms with E-state index in [0.717, 1.165) is 25.2 Å². The Morgan fingerprint density at radius 1 is 1.28 bits per heavy atom. The first-order valence-corrected chi connectivity index (χ1v) is 6.13. The van der Waals surface area contributed by atoms with Crippen LogP contribution in [0, 0.1) is 6.92 Å². The van der Waals surface area contributed by atoms with E-state index < -0.39 is 0 Å². The van der Waals surface area contributed by atoms with Gasteiger partial charge in [0.2, 0.25) is 0 Å². The minimum atomic E-state index is 0.317. The molecule has 1 aromatic carbocycles. The number of aromatic nitrogens is 2. The Morgan fingerprint density at radius 3 is 2.61 bits per heavy atom. The van der Waals surface area contributed by atoms with Crippen molar-refractivity contribution in [2.24, 2.45) is 7.05 Å². The van der Waals surface area contributed by atoms with Crippen LogP contribution < -0.4 is 5.32 Å². The van der Waals surface area contributed by atoms with Gasteiger partial charge >= 0.3 is 0 Å². The lowest BCUT2D eigenvalue weighted by molar-refractivity contribution is 0.475. The second kappa shape index (κ2) is 5.69. The number of nitrogens with zero attached hydrogens (tertiary/aromatic N) is 2. The monoisotopic (exact) mass is 245 g/mol. The van der Waals surface area contributed by atoms with Crippen molar-refractivity contribution in [2.45, 2.75) is 19.9 Å². The largest absolute Gasteiger partial charge is 0.508 e. The zero-order chi connectivity index (χ0) is 13.0. The summed E-state index contributed by atoms with van der Waals surface area (Å²) in [6.07, 6.45) is 3.00. The quantitative estimate of drug-likeness (QED) is 0.789. The Kier molecular flexibility index (Phi) is 3.99. The zero-order valence-corrected chi connectivity index (χ0v) is 10.8. The van der Waals surface area contributed by atoms with Crippen molar-refractivity contribution in [2.75, 3.05) is 6.54 Å². The second-order valence-corrected chi connectivity index (χ2v) is 4.51. The van der Waals surface area contributed by atoms with E-state index in [9.17, 15) is 5.11 Å². The number of aromatic hydroxyl groups is 1. The van der Waals surface area contributed by atoms with E-state index in [1.807, 2.05) is 37.0 Å². The van der Waals surface area contributed by atoms with Crippen LogP contribution in [0.15, 0.2) is 30.5 Å². The molecule has 2 rings (SSSR count). The number of phenolic OH excluding ortho intramolecular Hbond substituents is 1. The highest BCUT2D eigenvalue weighted by atomic mass is 16.3. The third-order valence-electron chi connectivity index (χ3n) is 2.96. The van der Waals surface area contributed by atoms with Crippen LogP contribution in [0.1, 0.15) is 16.8 Å². The van der Waals surface area contributed by atoms with Crippen LogP contribution in [-0.4, -0.2) is 21.4 Å². The number of hydrogen-bond acceptors (Lipinski definition) is 3. The van der Waals surface area contributed by atoms with E-state index in [4.69, 9.17) is 0 Å². The lowest BCUT2D eigenvalue weighted by Gasteiger charge is -2.04. The highest BCUT2D eigenvalue weighted by molar-refractivity contribution is 5.26. The van der Waals surface area contributed by atoms with Gasteiger partial charge in [-0.2, -0.15) is 5.10 Å². The van der Waals surface area contributed by atoms with Crippen LogP contribution in [0.3, 0.4) is 0 Å². The Labute approximate surface area is 107 Å². The summed E-state index contributed by atoms with van der Waals surface area (Å²) >= 11 is 0. The second-order valence-electron chi connectivity index (χ2n) is 4.51. The molecule has 0 bridgehead atoms. The maximum atomic E-state index is 9.18. The van der Waals surface area contributed by atoms with Crippen molar-refractivity contribution in [3.8, 4) is 5.75 Å². The summed E-state index contributed by atoms with van der Waals surface area (Å²) in [7, 11) is 1.94. The predicted molar refractivity (Wildman–Crippen MR) is 71.5 cm³/mol. The maximum absolute atomic E-state index is 9.18. The van der Waals surface area contributed by atoms with Crippen molar-refractivity contribution in [3.05, 3.63) is 47.3 Å². The molecule has 0 unspecified atom stereocenters. The Hall–Kier alpha value is -1.81. The molecular formula is C14H19N3O. The van der Waals surface area contributed by atoms with Gasteiger partial charge in [-0.15, -0.1) is 0 Å². The highest BCUT2D eigenvalue weighted by Crippen LogP contribution is 2.09. The van der Waals surface area contributed by atoms with Gasteiger partial charge in [0.25, 0.3) is 0 Å². The molecular weight excluding hydrogens is 226 g/mol. The van der Waals surface area contributed by atoms with Gasteiger partial charge in [-0.25, -0.2) is 0 Å². The zero-order valence-electron chi connectivity index (χ0n) is 10.8. The van der Waals surface area contributed by atoms with Crippen LogP contribution in [0.4, 0.5) is 0 Å². The van der Waals surface area contributed by atoms with Gasteiger partial charge in [-0.3, -0.25) is 4.68 Å². The number of benzene rings is 1. The van der Waals surface area contributed by atoms with Gasteiger partial charge in [-0.05, 0) is 37.6 Å². The Morgan fingerprint density at radius 2 is 2.00 bits per heavy atom. The van der Waals surface area contributed by atoms with Gasteiger partial charge in [0.05, 0.1) is 5.69 Å². The first kappa shape index (κ1) is 12.6. The van der Waals surface area contributed by atoms with Gasteiger partial charge in [-0.1, -0.05) is 12.1 Å². The standard InChI is InChI=1S/C14H19N3O/c1-11-13(10-17(2)16-11)9-15-8-7-12-3-5-14(18)6-4-12/h3-6,10,15,18H,7-9H2,1-2H3. The Balaban J connectivity index is 1.76. The van der Waals surface area contributed by atoms with Crippen molar-refractivity contribution in [1.29, 1.82) is 0 Å². The van der Waals surface area contributed by atoms with Crippen molar-refractivity contribution < 1.29 is 5.11 Å². The van der Waals surface area contributed by atoms with Crippen molar-refractivity contribution in [3.63, 3.8) is 0 Å². The number of nitrogens with one attached hydrogen (secondary N) is 1. The summed E-state index contributed by atoms with van der Waals surface area (Å²) in [5, 5.41) is 16.9. The van der Waals surface area contributed by atoms with Crippen LogP contribution in [0.5, 0.6) is 5.75 Å². The molecule has 2 N–H and O–H groups in total. The molecule has 0 aliphatic carbocycles. The summed E-state index contributed by atoms with van der Waals surface area (Å²) < 4.78 is 1.84. The molecule has 2 aromatic rings. The van der Waals surface area contributed by atoms with E-state index in [1.54, 1.807) is 12.1 Å².